The van der Waals surface area contributed by atoms with Crippen LogP contribution in [0.5, 0.6) is 0 Å². The zero-order chi connectivity index (χ0) is 46.2. The van der Waals surface area contributed by atoms with Crippen LogP contribution in [0.2, 0.25) is 0 Å². The molecule has 1 saturated carbocycles. The van der Waals surface area contributed by atoms with E-state index in [0.29, 0.717) is 0 Å². The van der Waals surface area contributed by atoms with Crippen LogP contribution in [-0.2, 0) is 10.8 Å². The van der Waals surface area contributed by atoms with Gasteiger partial charge in [-0.05, 0) is 161 Å². The average Bonchev–Trinajstić information content (AvgIpc) is 3.59. The van der Waals surface area contributed by atoms with Crippen molar-refractivity contribution in [2.75, 3.05) is 14.7 Å². The van der Waals surface area contributed by atoms with E-state index in [1.165, 1.54) is 125 Å². The maximum Gasteiger partial charge on any atom is 0.253 e. The zero-order valence-corrected chi connectivity index (χ0v) is 39.9. The summed E-state index contributed by atoms with van der Waals surface area (Å²) in [5.74, 6) is 0. The molecule has 3 nitrogen and oxygen atoms in total. The Hall–Kier alpha value is -7.56. The van der Waals surface area contributed by atoms with Crippen molar-refractivity contribution in [1.82, 2.24) is 0 Å². The molecule has 4 aliphatic heterocycles. The molecule has 9 aromatic carbocycles. The van der Waals surface area contributed by atoms with Crippen LogP contribution in [0.4, 0.5) is 45.5 Å². The van der Waals surface area contributed by atoms with Crippen molar-refractivity contribution in [3.63, 3.8) is 0 Å². The van der Waals surface area contributed by atoms with E-state index < -0.39 is 5.41 Å². The molecule has 0 N–H and O–H groups in total. The van der Waals surface area contributed by atoms with Crippen LogP contribution in [0.3, 0.4) is 0 Å². The first-order chi connectivity index (χ1) is 33.8. The molecule has 1 fully saturated rings. The van der Waals surface area contributed by atoms with Gasteiger partial charge < -0.3 is 14.7 Å². The van der Waals surface area contributed by atoms with Gasteiger partial charge in [-0.1, -0.05) is 165 Å². The van der Waals surface area contributed by atoms with Gasteiger partial charge in [0.2, 0.25) is 0 Å². The average molecular weight is 888 g/mol. The van der Waals surface area contributed by atoms with Crippen LogP contribution >= 0.6 is 0 Å². The highest BCUT2D eigenvalue weighted by Gasteiger charge is 2.59. The van der Waals surface area contributed by atoms with Crippen molar-refractivity contribution in [3.8, 4) is 11.1 Å². The smallest absolute Gasteiger partial charge is 0.253 e. The Morgan fingerprint density at radius 1 is 0.391 bits per heavy atom. The summed E-state index contributed by atoms with van der Waals surface area (Å²) in [6.45, 7) is 9.76. The van der Waals surface area contributed by atoms with Crippen molar-refractivity contribution < 1.29 is 0 Å². The second kappa shape index (κ2) is 14.7. The third-order valence-electron chi connectivity index (χ3n) is 17.3. The van der Waals surface area contributed by atoms with E-state index in [0.717, 1.165) is 12.8 Å². The number of aryl methyl sites for hydroxylation is 2. The van der Waals surface area contributed by atoms with Crippen LogP contribution in [-0.4, -0.2) is 12.3 Å². The summed E-state index contributed by atoms with van der Waals surface area (Å²) in [6, 6.07) is 78.7. The minimum Gasteiger partial charge on any atom is -0.334 e. The van der Waals surface area contributed by atoms with Gasteiger partial charge in [-0.3, -0.25) is 0 Å². The summed E-state index contributed by atoms with van der Waals surface area (Å²) < 4.78 is 0. The summed E-state index contributed by atoms with van der Waals surface area (Å²) in [4.78, 5) is 8.07. The maximum absolute atomic E-state index is 2.80. The predicted molar refractivity (Wildman–Crippen MR) is 290 cm³/mol. The molecule has 0 aromatic heterocycles. The first kappa shape index (κ1) is 40.5. The second-order valence-corrected chi connectivity index (χ2v) is 20.9. The largest absolute Gasteiger partial charge is 0.334 e. The lowest BCUT2D eigenvalue weighted by Crippen LogP contribution is -2.68. The van der Waals surface area contributed by atoms with Gasteiger partial charge in [0.15, 0.2) is 0 Å². The molecule has 14 rings (SSSR count). The fourth-order valence-electron chi connectivity index (χ4n) is 14.2. The summed E-state index contributed by atoms with van der Waals surface area (Å²) in [5, 5.41) is 0. The standard InChI is InChI=1S/C65H54BN3/c1-43-36-53-60-56(38-43)67(49-28-16-8-17-29-49)58-41-51(69-55-33-32-46(45-22-10-5-11-23-45)40-52(55)63(3)34-20-21-35-64(63,69)4)42-59-62(58)66(60)61-54(37-44(2)39-57(61)68(59)50-30-18-9-19-31-50)65(53,47-24-12-6-13-25-47)48-26-14-7-15-27-48/h5-19,22-33,36-42H,20-21,34-35H2,1-4H3. The molecule has 69 heavy (non-hydrogen) atoms. The third kappa shape index (κ3) is 5.41. The normalized spacial score (nSPS) is 19.8. The predicted octanol–water partition coefficient (Wildman–Crippen LogP) is 14.5. The first-order valence-electron chi connectivity index (χ1n) is 25.1. The highest BCUT2D eigenvalue weighted by Crippen LogP contribution is 2.63. The highest BCUT2D eigenvalue weighted by atomic mass is 15.3. The molecule has 4 heteroatoms. The molecule has 0 amide bonds. The Labute approximate surface area is 407 Å². The summed E-state index contributed by atoms with van der Waals surface area (Å²) in [5.41, 5.74) is 25.2. The van der Waals surface area contributed by atoms with Gasteiger partial charge in [0.1, 0.15) is 0 Å². The van der Waals surface area contributed by atoms with E-state index in [9.17, 15) is 0 Å². The molecule has 9 aromatic rings. The number of rotatable bonds is 6. The number of benzene rings is 9. The number of anilines is 8. The first-order valence-corrected chi connectivity index (χ1v) is 25.1. The van der Waals surface area contributed by atoms with Gasteiger partial charge in [0, 0.05) is 50.9 Å². The third-order valence-corrected chi connectivity index (χ3v) is 17.3. The topological polar surface area (TPSA) is 9.72 Å². The van der Waals surface area contributed by atoms with Crippen LogP contribution in [0, 0.1) is 13.8 Å². The van der Waals surface area contributed by atoms with Crippen LogP contribution in [0.25, 0.3) is 11.1 Å². The summed E-state index contributed by atoms with van der Waals surface area (Å²) in [7, 11) is 0. The molecule has 5 aliphatic rings. The fraction of sp³-hybridized carbons (Fsp3) is 0.169. The second-order valence-electron chi connectivity index (χ2n) is 20.9. The number of hydrogen-bond donors (Lipinski definition) is 0. The van der Waals surface area contributed by atoms with E-state index in [4.69, 9.17) is 0 Å². The van der Waals surface area contributed by atoms with Gasteiger partial charge in [0.25, 0.3) is 6.71 Å². The van der Waals surface area contributed by atoms with E-state index in [1.807, 2.05) is 0 Å². The molecule has 332 valence electrons. The van der Waals surface area contributed by atoms with Gasteiger partial charge in [-0.2, -0.15) is 0 Å². The van der Waals surface area contributed by atoms with Gasteiger partial charge in [-0.15, -0.1) is 0 Å². The monoisotopic (exact) mass is 887 g/mol. The lowest BCUT2D eigenvalue weighted by atomic mass is 9.28. The molecular weight excluding hydrogens is 834 g/mol. The molecule has 4 heterocycles. The maximum atomic E-state index is 2.80. The molecule has 0 saturated heterocycles. The Balaban J connectivity index is 1.13. The summed E-state index contributed by atoms with van der Waals surface area (Å²) >= 11 is 0. The van der Waals surface area contributed by atoms with E-state index in [2.05, 4.69) is 249 Å². The van der Waals surface area contributed by atoms with Gasteiger partial charge >= 0.3 is 0 Å². The van der Waals surface area contributed by atoms with E-state index >= 15 is 0 Å². The Bertz CT molecular complexity index is 3350. The lowest BCUT2D eigenvalue weighted by Gasteiger charge is -2.53. The number of fused-ring (bicyclic) bond motifs is 3. The van der Waals surface area contributed by atoms with Crippen molar-refractivity contribution in [2.45, 2.75) is 69.7 Å². The molecule has 2 unspecified atom stereocenters. The molecule has 0 spiro atoms. The molecule has 2 atom stereocenters. The Morgan fingerprint density at radius 3 is 1.38 bits per heavy atom. The molecular formula is C65H54BN3. The molecule has 0 radical (unpaired) electrons. The number of nitrogens with zero attached hydrogens (tertiary/aromatic N) is 3. The fourth-order valence-corrected chi connectivity index (χ4v) is 14.2. The minimum absolute atomic E-state index is 0.00412. The number of para-hydroxylation sites is 2. The summed E-state index contributed by atoms with van der Waals surface area (Å²) in [6.07, 6.45) is 4.73. The van der Waals surface area contributed by atoms with Crippen LogP contribution in [0.15, 0.2) is 206 Å². The van der Waals surface area contributed by atoms with E-state index in [1.54, 1.807) is 0 Å². The van der Waals surface area contributed by atoms with Crippen molar-refractivity contribution >= 4 is 68.6 Å². The zero-order valence-electron chi connectivity index (χ0n) is 39.9. The Morgan fingerprint density at radius 2 is 0.855 bits per heavy atom. The molecule has 1 aliphatic carbocycles. The minimum atomic E-state index is -0.594. The lowest BCUT2D eigenvalue weighted by molar-refractivity contribution is 0.195. The van der Waals surface area contributed by atoms with Gasteiger partial charge in [-0.25, -0.2) is 0 Å². The van der Waals surface area contributed by atoms with Crippen LogP contribution < -0.4 is 31.1 Å². The number of hydrogen-bond acceptors (Lipinski definition) is 3. The van der Waals surface area contributed by atoms with Crippen LogP contribution in [0.1, 0.15) is 78.5 Å². The van der Waals surface area contributed by atoms with Crippen molar-refractivity contribution in [2.24, 2.45) is 0 Å². The van der Waals surface area contributed by atoms with Crippen molar-refractivity contribution in [1.29, 1.82) is 0 Å². The highest BCUT2D eigenvalue weighted by molar-refractivity contribution is 7.01. The molecule has 0 bridgehead atoms. The Kier molecular flexibility index (Phi) is 8.64. The SMILES string of the molecule is Cc1cc2c3c(c1)C(c1ccccc1)(c1ccccc1)c1cc(C)cc4c1B3c1c(cc(N3c5ccc(-c6ccccc6)cc5C5(C)CCCCC35C)cc1N4c1ccccc1)N2c1ccccc1. The van der Waals surface area contributed by atoms with Gasteiger partial charge in [0.05, 0.1) is 11.0 Å². The van der Waals surface area contributed by atoms with E-state index in [-0.39, 0.29) is 17.7 Å². The quantitative estimate of drug-likeness (QED) is 0.154. The van der Waals surface area contributed by atoms with Crippen molar-refractivity contribution in [3.05, 3.63) is 245 Å².